The van der Waals surface area contributed by atoms with Gasteiger partial charge in [0.05, 0.1) is 4.92 Å². The van der Waals surface area contributed by atoms with E-state index in [-0.39, 0.29) is 17.8 Å². The van der Waals surface area contributed by atoms with Crippen LogP contribution in [-0.2, 0) is 6.54 Å². The van der Waals surface area contributed by atoms with Crippen LogP contribution in [0.15, 0.2) is 29.8 Å². The van der Waals surface area contributed by atoms with Crippen molar-refractivity contribution in [1.29, 1.82) is 0 Å². The van der Waals surface area contributed by atoms with Crippen molar-refractivity contribution in [1.82, 2.24) is 5.32 Å². The maximum Gasteiger partial charge on any atom is 0.270 e. The Balaban J connectivity index is 2.96. The van der Waals surface area contributed by atoms with E-state index in [9.17, 15) is 10.1 Å². The van der Waals surface area contributed by atoms with Gasteiger partial charge in [0, 0.05) is 34.8 Å². The summed E-state index contributed by atoms with van der Waals surface area (Å²) in [6.45, 7) is 10.2. The SMILES string of the molecule is C=C(Cl)COc1ccc([N+](=O)[O-])cc1CNC(C)(C)C. The summed E-state index contributed by atoms with van der Waals surface area (Å²) in [6.07, 6.45) is 0. The highest BCUT2D eigenvalue weighted by atomic mass is 35.5. The largest absolute Gasteiger partial charge is 0.488 e. The normalized spacial score (nSPS) is 11.2. The third-order valence-electron chi connectivity index (χ3n) is 2.45. The minimum atomic E-state index is -0.426. The molecular formula is C14H19ClN2O3. The maximum atomic E-state index is 10.8. The van der Waals surface area contributed by atoms with E-state index in [0.717, 1.165) is 0 Å². The molecule has 0 heterocycles. The fourth-order valence-electron chi connectivity index (χ4n) is 1.47. The van der Waals surface area contributed by atoms with Crippen molar-refractivity contribution in [3.63, 3.8) is 0 Å². The number of non-ortho nitro benzene ring substituents is 1. The van der Waals surface area contributed by atoms with Crippen LogP contribution in [0.25, 0.3) is 0 Å². The summed E-state index contributed by atoms with van der Waals surface area (Å²) in [4.78, 5) is 10.4. The second-order valence-corrected chi connectivity index (χ2v) is 5.99. The van der Waals surface area contributed by atoms with Gasteiger partial charge in [-0.15, -0.1) is 0 Å². The van der Waals surface area contributed by atoms with E-state index in [4.69, 9.17) is 16.3 Å². The lowest BCUT2D eigenvalue weighted by Gasteiger charge is -2.21. The number of nitro benzene ring substituents is 1. The van der Waals surface area contributed by atoms with E-state index in [1.165, 1.54) is 12.1 Å². The van der Waals surface area contributed by atoms with E-state index in [2.05, 4.69) is 11.9 Å². The molecule has 0 saturated carbocycles. The third-order valence-corrected chi connectivity index (χ3v) is 2.56. The molecule has 1 aromatic carbocycles. The number of nitrogens with zero attached hydrogens (tertiary/aromatic N) is 1. The number of halogens is 1. The molecule has 0 radical (unpaired) electrons. The first-order valence-electron chi connectivity index (χ1n) is 6.17. The van der Waals surface area contributed by atoms with E-state index in [0.29, 0.717) is 22.9 Å². The first-order chi connectivity index (χ1) is 9.19. The summed E-state index contributed by atoms with van der Waals surface area (Å²) < 4.78 is 5.50. The summed E-state index contributed by atoms with van der Waals surface area (Å²) >= 11 is 5.67. The van der Waals surface area contributed by atoms with Gasteiger partial charge in [-0.05, 0) is 26.8 Å². The molecule has 0 saturated heterocycles. The van der Waals surface area contributed by atoms with Crippen LogP contribution in [0.1, 0.15) is 26.3 Å². The number of hydrogen-bond donors (Lipinski definition) is 1. The molecule has 0 atom stereocenters. The Morgan fingerprint density at radius 1 is 1.50 bits per heavy atom. The molecule has 0 aliphatic heterocycles. The Labute approximate surface area is 123 Å². The van der Waals surface area contributed by atoms with Crippen LogP contribution >= 0.6 is 11.6 Å². The van der Waals surface area contributed by atoms with E-state index in [1.54, 1.807) is 6.07 Å². The number of hydrogen-bond acceptors (Lipinski definition) is 4. The standard InChI is InChI=1S/C14H19ClN2O3/c1-10(15)9-20-13-6-5-12(17(18)19)7-11(13)8-16-14(2,3)4/h5-7,16H,1,8-9H2,2-4H3. The molecule has 1 aromatic rings. The van der Waals surface area contributed by atoms with Gasteiger partial charge in [-0.3, -0.25) is 10.1 Å². The molecule has 0 spiro atoms. The van der Waals surface area contributed by atoms with Crippen LogP contribution in [-0.4, -0.2) is 17.1 Å². The molecule has 5 nitrogen and oxygen atoms in total. The van der Waals surface area contributed by atoms with Crippen molar-refractivity contribution in [2.75, 3.05) is 6.61 Å². The van der Waals surface area contributed by atoms with Crippen molar-refractivity contribution in [3.05, 3.63) is 45.5 Å². The molecule has 0 bridgehead atoms. The van der Waals surface area contributed by atoms with Crippen LogP contribution in [0.3, 0.4) is 0 Å². The molecule has 0 aliphatic carbocycles. The van der Waals surface area contributed by atoms with Crippen molar-refractivity contribution >= 4 is 17.3 Å². The van der Waals surface area contributed by atoms with Gasteiger partial charge in [0.2, 0.25) is 0 Å². The van der Waals surface area contributed by atoms with Crippen molar-refractivity contribution < 1.29 is 9.66 Å². The van der Waals surface area contributed by atoms with Gasteiger partial charge in [-0.25, -0.2) is 0 Å². The van der Waals surface area contributed by atoms with E-state index < -0.39 is 4.92 Å². The summed E-state index contributed by atoms with van der Waals surface area (Å²) in [5.41, 5.74) is 0.651. The van der Waals surface area contributed by atoms with Crippen LogP contribution in [0.2, 0.25) is 0 Å². The Morgan fingerprint density at radius 2 is 2.15 bits per heavy atom. The van der Waals surface area contributed by atoms with Gasteiger partial charge in [0.1, 0.15) is 12.4 Å². The number of rotatable bonds is 6. The van der Waals surface area contributed by atoms with Crippen LogP contribution < -0.4 is 10.1 Å². The fraction of sp³-hybridized carbons (Fsp3) is 0.429. The Hall–Kier alpha value is -1.59. The quantitative estimate of drug-likeness (QED) is 0.643. The molecule has 0 fully saturated rings. The van der Waals surface area contributed by atoms with Crippen molar-refractivity contribution in [3.8, 4) is 5.75 Å². The molecule has 1 N–H and O–H groups in total. The number of nitro groups is 1. The second-order valence-electron chi connectivity index (χ2n) is 5.46. The molecule has 6 heteroatoms. The molecule has 0 unspecified atom stereocenters. The zero-order chi connectivity index (χ0) is 15.3. The van der Waals surface area contributed by atoms with Gasteiger partial charge in [-0.1, -0.05) is 18.2 Å². The van der Waals surface area contributed by atoms with Crippen LogP contribution in [0.5, 0.6) is 5.75 Å². The van der Waals surface area contributed by atoms with E-state index >= 15 is 0 Å². The summed E-state index contributed by atoms with van der Waals surface area (Å²) in [5, 5.41) is 14.5. The highest BCUT2D eigenvalue weighted by Crippen LogP contribution is 2.25. The highest BCUT2D eigenvalue weighted by molar-refractivity contribution is 6.29. The van der Waals surface area contributed by atoms with Gasteiger partial charge < -0.3 is 10.1 Å². The van der Waals surface area contributed by atoms with Crippen LogP contribution in [0.4, 0.5) is 5.69 Å². The predicted molar refractivity (Wildman–Crippen MR) is 80.2 cm³/mol. The molecular weight excluding hydrogens is 280 g/mol. The zero-order valence-electron chi connectivity index (χ0n) is 11.9. The van der Waals surface area contributed by atoms with Crippen molar-refractivity contribution in [2.24, 2.45) is 0 Å². The summed E-state index contributed by atoms with van der Waals surface area (Å²) in [6, 6.07) is 4.50. The number of benzene rings is 1. The molecule has 0 amide bonds. The Bertz CT molecular complexity index is 510. The maximum absolute atomic E-state index is 10.8. The lowest BCUT2D eigenvalue weighted by atomic mass is 10.1. The topological polar surface area (TPSA) is 64.4 Å². The summed E-state index contributed by atoms with van der Waals surface area (Å²) in [7, 11) is 0. The Kier molecular flexibility index (Phi) is 5.53. The molecule has 110 valence electrons. The van der Waals surface area contributed by atoms with E-state index in [1.807, 2.05) is 20.8 Å². The minimum Gasteiger partial charge on any atom is -0.488 e. The fourth-order valence-corrected chi connectivity index (χ4v) is 1.53. The minimum absolute atomic E-state index is 0.0350. The number of ether oxygens (including phenoxy) is 1. The first kappa shape index (κ1) is 16.5. The average molecular weight is 299 g/mol. The van der Waals surface area contributed by atoms with Gasteiger partial charge in [-0.2, -0.15) is 0 Å². The molecule has 0 aromatic heterocycles. The zero-order valence-corrected chi connectivity index (χ0v) is 12.7. The molecule has 0 aliphatic rings. The van der Waals surface area contributed by atoms with Gasteiger partial charge in [0.25, 0.3) is 5.69 Å². The van der Waals surface area contributed by atoms with Crippen molar-refractivity contribution in [2.45, 2.75) is 32.9 Å². The van der Waals surface area contributed by atoms with Crippen LogP contribution in [0, 0.1) is 10.1 Å². The molecule has 20 heavy (non-hydrogen) atoms. The highest BCUT2D eigenvalue weighted by Gasteiger charge is 2.15. The summed E-state index contributed by atoms with van der Waals surface area (Å²) in [5.74, 6) is 0.564. The first-order valence-corrected chi connectivity index (χ1v) is 6.55. The lowest BCUT2D eigenvalue weighted by molar-refractivity contribution is -0.384. The van der Waals surface area contributed by atoms with Gasteiger partial charge in [0.15, 0.2) is 0 Å². The third kappa shape index (κ3) is 5.59. The number of nitrogens with one attached hydrogen (secondary N) is 1. The van der Waals surface area contributed by atoms with Gasteiger partial charge >= 0.3 is 0 Å². The average Bonchev–Trinajstić information content (AvgIpc) is 2.33. The smallest absolute Gasteiger partial charge is 0.270 e. The lowest BCUT2D eigenvalue weighted by Crippen LogP contribution is -2.35. The second kappa shape index (κ2) is 6.72. The monoisotopic (exact) mass is 298 g/mol. The Morgan fingerprint density at radius 3 is 2.65 bits per heavy atom. The molecule has 1 rings (SSSR count). The predicted octanol–water partition coefficient (Wildman–Crippen LogP) is 3.61.